The van der Waals surface area contributed by atoms with Gasteiger partial charge in [0.05, 0.1) is 12.0 Å². The molecule has 0 saturated heterocycles. The number of nitrogens with zero attached hydrogens (tertiary/aromatic N) is 2. The predicted octanol–water partition coefficient (Wildman–Crippen LogP) is 4.49. The van der Waals surface area contributed by atoms with Gasteiger partial charge in [-0.3, -0.25) is 0 Å². The zero-order chi connectivity index (χ0) is 13.1. The van der Waals surface area contributed by atoms with Gasteiger partial charge in [-0.2, -0.15) is 0 Å². The molecule has 0 fully saturated rings. The molecule has 0 aliphatic heterocycles. The third-order valence-corrected chi connectivity index (χ3v) is 3.70. The molecule has 1 aromatic rings. The summed E-state index contributed by atoms with van der Waals surface area (Å²) in [4.78, 5) is 4.70. The molecule has 0 N–H and O–H groups in total. The SMILES string of the molecule is CCCCn1cnc(C(C)(C)CC)c1C(C)C. The molecular formula is C15H28N2. The van der Waals surface area contributed by atoms with Crippen molar-refractivity contribution in [2.75, 3.05) is 0 Å². The first-order valence-electron chi connectivity index (χ1n) is 6.99. The maximum atomic E-state index is 4.70. The van der Waals surface area contributed by atoms with Crippen LogP contribution >= 0.6 is 0 Å². The topological polar surface area (TPSA) is 17.8 Å². The largest absolute Gasteiger partial charge is 0.334 e. The van der Waals surface area contributed by atoms with Crippen molar-refractivity contribution in [1.82, 2.24) is 9.55 Å². The van der Waals surface area contributed by atoms with Gasteiger partial charge in [0.1, 0.15) is 0 Å². The summed E-state index contributed by atoms with van der Waals surface area (Å²) < 4.78 is 2.36. The number of imidazole rings is 1. The molecule has 0 aliphatic rings. The summed E-state index contributed by atoms with van der Waals surface area (Å²) in [6, 6.07) is 0. The Bertz CT molecular complexity index is 348. The lowest BCUT2D eigenvalue weighted by atomic mass is 9.83. The number of aryl methyl sites for hydroxylation is 1. The molecule has 1 aromatic heterocycles. The van der Waals surface area contributed by atoms with E-state index in [1.54, 1.807) is 0 Å². The summed E-state index contributed by atoms with van der Waals surface area (Å²) in [6.45, 7) is 14.7. The maximum absolute atomic E-state index is 4.70. The van der Waals surface area contributed by atoms with Crippen molar-refractivity contribution in [2.45, 2.75) is 78.7 Å². The number of unbranched alkanes of at least 4 members (excludes halogenated alkanes) is 1. The summed E-state index contributed by atoms with van der Waals surface area (Å²) in [6.07, 6.45) is 5.65. The van der Waals surface area contributed by atoms with E-state index in [9.17, 15) is 0 Å². The minimum Gasteiger partial charge on any atom is -0.334 e. The first kappa shape index (κ1) is 14.3. The summed E-state index contributed by atoms with van der Waals surface area (Å²) in [5.74, 6) is 0.551. The fourth-order valence-electron chi connectivity index (χ4n) is 2.19. The molecule has 0 unspecified atom stereocenters. The van der Waals surface area contributed by atoms with Gasteiger partial charge in [0, 0.05) is 17.7 Å². The van der Waals surface area contributed by atoms with E-state index in [1.807, 2.05) is 6.33 Å². The van der Waals surface area contributed by atoms with Crippen molar-refractivity contribution < 1.29 is 0 Å². The standard InChI is InChI=1S/C15H28N2/c1-7-9-10-17-11-16-14(13(17)12(3)4)15(5,6)8-2/h11-12H,7-10H2,1-6H3. The van der Waals surface area contributed by atoms with Crippen LogP contribution in [0.1, 0.15) is 78.1 Å². The van der Waals surface area contributed by atoms with Crippen LogP contribution in [0.5, 0.6) is 0 Å². The van der Waals surface area contributed by atoms with Crippen LogP contribution in [-0.2, 0) is 12.0 Å². The van der Waals surface area contributed by atoms with E-state index in [1.165, 1.54) is 24.2 Å². The Hall–Kier alpha value is -0.790. The first-order valence-corrected chi connectivity index (χ1v) is 6.99. The van der Waals surface area contributed by atoms with E-state index in [0.717, 1.165) is 13.0 Å². The molecule has 2 nitrogen and oxygen atoms in total. The van der Waals surface area contributed by atoms with E-state index < -0.39 is 0 Å². The first-order chi connectivity index (χ1) is 7.94. The lowest BCUT2D eigenvalue weighted by Crippen LogP contribution is -2.20. The smallest absolute Gasteiger partial charge is 0.0951 e. The minimum atomic E-state index is 0.192. The molecule has 2 heteroatoms. The number of rotatable bonds is 6. The minimum absolute atomic E-state index is 0.192. The van der Waals surface area contributed by atoms with E-state index in [2.05, 4.69) is 46.1 Å². The fourth-order valence-corrected chi connectivity index (χ4v) is 2.19. The summed E-state index contributed by atoms with van der Waals surface area (Å²) >= 11 is 0. The third kappa shape index (κ3) is 3.11. The van der Waals surface area contributed by atoms with Gasteiger partial charge >= 0.3 is 0 Å². The molecular weight excluding hydrogens is 208 g/mol. The second-order valence-corrected chi connectivity index (χ2v) is 5.92. The Balaban J connectivity index is 3.11. The Morgan fingerprint density at radius 3 is 2.41 bits per heavy atom. The lowest BCUT2D eigenvalue weighted by molar-refractivity contribution is 0.478. The van der Waals surface area contributed by atoms with Crippen LogP contribution in [-0.4, -0.2) is 9.55 Å². The van der Waals surface area contributed by atoms with Crippen LogP contribution in [0.3, 0.4) is 0 Å². The van der Waals surface area contributed by atoms with Gasteiger partial charge in [-0.05, 0) is 18.8 Å². The second-order valence-electron chi connectivity index (χ2n) is 5.92. The van der Waals surface area contributed by atoms with Gasteiger partial charge in [-0.25, -0.2) is 4.98 Å². The fraction of sp³-hybridized carbons (Fsp3) is 0.800. The molecule has 0 atom stereocenters. The molecule has 0 aromatic carbocycles. The zero-order valence-corrected chi connectivity index (χ0v) is 12.4. The van der Waals surface area contributed by atoms with Crippen molar-refractivity contribution in [2.24, 2.45) is 0 Å². The monoisotopic (exact) mass is 236 g/mol. The van der Waals surface area contributed by atoms with E-state index in [0.29, 0.717) is 5.92 Å². The summed E-state index contributed by atoms with van der Waals surface area (Å²) in [5.41, 5.74) is 2.92. The van der Waals surface area contributed by atoms with E-state index in [4.69, 9.17) is 4.98 Å². The molecule has 0 aliphatic carbocycles. The second kappa shape index (κ2) is 5.70. The van der Waals surface area contributed by atoms with Gasteiger partial charge in [0.15, 0.2) is 0 Å². The van der Waals surface area contributed by atoms with Crippen LogP contribution < -0.4 is 0 Å². The maximum Gasteiger partial charge on any atom is 0.0951 e. The molecule has 0 spiro atoms. The Kier molecular flexibility index (Phi) is 4.79. The van der Waals surface area contributed by atoms with Gasteiger partial charge in [0.2, 0.25) is 0 Å². The highest BCUT2D eigenvalue weighted by Crippen LogP contribution is 2.32. The van der Waals surface area contributed by atoms with Crippen LogP contribution in [0.4, 0.5) is 0 Å². The molecule has 0 radical (unpaired) electrons. The highest BCUT2D eigenvalue weighted by Gasteiger charge is 2.27. The molecule has 0 saturated carbocycles. The van der Waals surface area contributed by atoms with Crippen LogP contribution in [0, 0.1) is 0 Å². The quantitative estimate of drug-likeness (QED) is 0.711. The van der Waals surface area contributed by atoms with Crippen molar-refractivity contribution >= 4 is 0 Å². The average molecular weight is 236 g/mol. The number of aromatic nitrogens is 2. The van der Waals surface area contributed by atoms with Gasteiger partial charge < -0.3 is 4.57 Å². The van der Waals surface area contributed by atoms with E-state index >= 15 is 0 Å². The number of hydrogen-bond donors (Lipinski definition) is 0. The van der Waals surface area contributed by atoms with Crippen LogP contribution in [0.2, 0.25) is 0 Å². The summed E-state index contributed by atoms with van der Waals surface area (Å²) in [5, 5.41) is 0. The summed E-state index contributed by atoms with van der Waals surface area (Å²) in [7, 11) is 0. The highest BCUT2D eigenvalue weighted by atomic mass is 15.1. The molecule has 0 amide bonds. The Morgan fingerprint density at radius 1 is 1.29 bits per heavy atom. The van der Waals surface area contributed by atoms with Crippen LogP contribution in [0.25, 0.3) is 0 Å². The molecule has 1 heterocycles. The van der Waals surface area contributed by atoms with Crippen molar-refractivity contribution in [3.8, 4) is 0 Å². The normalized spacial score (nSPS) is 12.4. The molecule has 0 bridgehead atoms. The predicted molar refractivity (Wildman–Crippen MR) is 74.5 cm³/mol. The highest BCUT2D eigenvalue weighted by molar-refractivity contribution is 5.24. The van der Waals surface area contributed by atoms with Gasteiger partial charge in [-0.1, -0.05) is 48.0 Å². The molecule has 1 rings (SSSR count). The Labute approximate surface area is 106 Å². The molecule has 17 heavy (non-hydrogen) atoms. The van der Waals surface area contributed by atoms with Crippen molar-refractivity contribution in [3.63, 3.8) is 0 Å². The van der Waals surface area contributed by atoms with Gasteiger partial charge in [-0.15, -0.1) is 0 Å². The zero-order valence-electron chi connectivity index (χ0n) is 12.4. The number of hydrogen-bond acceptors (Lipinski definition) is 1. The van der Waals surface area contributed by atoms with Crippen LogP contribution in [0.15, 0.2) is 6.33 Å². The van der Waals surface area contributed by atoms with Gasteiger partial charge in [0.25, 0.3) is 0 Å². The third-order valence-electron chi connectivity index (χ3n) is 3.70. The van der Waals surface area contributed by atoms with Crippen molar-refractivity contribution in [1.29, 1.82) is 0 Å². The lowest BCUT2D eigenvalue weighted by Gasteiger charge is -2.24. The molecule has 98 valence electrons. The van der Waals surface area contributed by atoms with Crippen molar-refractivity contribution in [3.05, 3.63) is 17.7 Å². The Morgan fingerprint density at radius 2 is 1.94 bits per heavy atom. The van der Waals surface area contributed by atoms with E-state index in [-0.39, 0.29) is 5.41 Å². The average Bonchev–Trinajstić information content (AvgIpc) is 2.70.